The SMILES string of the molecule is CC(C(=O)Nc1ccc(Cl)cc1)N1C(=O)C2C3CC(C2C1=O)C1C(c2cccnc2)c2sc(=O)[nH]c2SC31. The number of H-pyrrole nitrogens is 1. The largest absolute Gasteiger partial charge is 0.324 e. The number of thiazole rings is 1. The fourth-order valence-corrected chi connectivity index (χ4v) is 10.3. The molecule has 3 aromatic rings. The number of pyridine rings is 1. The zero-order valence-electron chi connectivity index (χ0n) is 20.2. The van der Waals surface area contributed by atoms with Crippen LogP contribution in [0.5, 0.6) is 0 Å². The van der Waals surface area contributed by atoms with Crippen LogP contribution in [-0.4, -0.2) is 43.9 Å². The summed E-state index contributed by atoms with van der Waals surface area (Å²) in [7, 11) is 0. The number of hydrogen-bond acceptors (Lipinski definition) is 7. The van der Waals surface area contributed by atoms with Gasteiger partial charge in [0, 0.05) is 39.1 Å². The number of halogens is 1. The zero-order chi connectivity index (χ0) is 26.3. The summed E-state index contributed by atoms with van der Waals surface area (Å²) in [6, 6.07) is 9.68. The number of carbonyl (C=O) groups excluding carboxylic acids is 3. The number of carbonyl (C=O) groups is 3. The third kappa shape index (κ3) is 3.46. The molecule has 3 amide bonds. The quantitative estimate of drug-likeness (QED) is 0.462. The fraction of sp³-hybridized carbons (Fsp3) is 0.370. The number of benzene rings is 1. The minimum absolute atomic E-state index is 0.00343. The van der Waals surface area contributed by atoms with Crippen molar-refractivity contribution in [3.63, 3.8) is 0 Å². The van der Waals surface area contributed by atoms with E-state index in [1.165, 1.54) is 16.2 Å². The Morgan fingerprint density at radius 2 is 1.87 bits per heavy atom. The average molecular weight is 567 g/mol. The summed E-state index contributed by atoms with van der Waals surface area (Å²) >= 11 is 8.81. The molecule has 1 aromatic carbocycles. The van der Waals surface area contributed by atoms with Crippen LogP contribution in [0, 0.1) is 29.6 Å². The number of aromatic amines is 1. The summed E-state index contributed by atoms with van der Waals surface area (Å²) in [5, 5.41) is 4.30. The first-order chi connectivity index (χ1) is 18.3. The third-order valence-electron chi connectivity index (χ3n) is 8.68. The molecule has 2 aromatic heterocycles. The predicted molar refractivity (Wildman–Crippen MR) is 144 cm³/mol. The second-order valence-corrected chi connectivity index (χ2v) is 13.1. The van der Waals surface area contributed by atoms with Gasteiger partial charge in [-0.15, -0.1) is 11.8 Å². The third-order valence-corrected chi connectivity index (χ3v) is 11.5. The van der Waals surface area contributed by atoms with Gasteiger partial charge in [-0.05, 0) is 67.0 Å². The van der Waals surface area contributed by atoms with E-state index < -0.39 is 23.8 Å². The van der Waals surface area contributed by atoms with Crippen LogP contribution in [0.4, 0.5) is 5.69 Å². The average Bonchev–Trinajstić information content (AvgIpc) is 3.64. The molecule has 3 fully saturated rings. The molecule has 2 aliphatic heterocycles. The van der Waals surface area contributed by atoms with E-state index in [4.69, 9.17) is 11.6 Å². The van der Waals surface area contributed by atoms with Crippen molar-refractivity contribution >= 4 is 58.1 Å². The van der Waals surface area contributed by atoms with Gasteiger partial charge in [0.15, 0.2) is 0 Å². The van der Waals surface area contributed by atoms with Gasteiger partial charge in [-0.1, -0.05) is 29.0 Å². The Kier molecular flexibility index (Phi) is 5.58. The van der Waals surface area contributed by atoms with Crippen molar-refractivity contribution in [3.8, 4) is 0 Å². The van der Waals surface area contributed by atoms with E-state index in [1.807, 2.05) is 18.3 Å². The van der Waals surface area contributed by atoms with Crippen molar-refractivity contribution in [2.45, 2.75) is 35.6 Å². The van der Waals surface area contributed by atoms with E-state index in [2.05, 4.69) is 15.3 Å². The molecule has 194 valence electrons. The highest BCUT2D eigenvalue weighted by atomic mass is 35.5. The molecule has 2 saturated carbocycles. The van der Waals surface area contributed by atoms with E-state index in [1.54, 1.807) is 49.1 Å². The number of fused-ring (bicyclic) bond motifs is 9. The second-order valence-electron chi connectivity index (χ2n) is 10.5. The van der Waals surface area contributed by atoms with Gasteiger partial charge < -0.3 is 10.3 Å². The summed E-state index contributed by atoms with van der Waals surface area (Å²) in [4.78, 5) is 62.4. The molecule has 8 unspecified atom stereocenters. The fourth-order valence-electron chi connectivity index (χ4n) is 7.25. The highest BCUT2D eigenvalue weighted by Crippen LogP contribution is 2.68. The number of nitrogens with one attached hydrogen (secondary N) is 2. The van der Waals surface area contributed by atoms with Gasteiger partial charge in [-0.25, -0.2) is 0 Å². The van der Waals surface area contributed by atoms with Crippen LogP contribution in [0.15, 0.2) is 58.6 Å². The molecular weight excluding hydrogens is 544 g/mol. The standard InChI is InChI=1S/C27H23ClN4O4S2/c1-11(23(33)30-14-6-4-13(28)5-7-14)32-25(34)19-15-9-16(20(19)26(32)35)21-18(15)17(12-3-2-8-29-10-12)22-24(37-21)31-27(36)38-22/h2-8,10-11,15-21H,9H2,1H3,(H,30,33)(H,31,36). The van der Waals surface area contributed by atoms with Crippen LogP contribution in [0.1, 0.15) is 29.7 Å². The number of aromatic nitrogens is 2. The van der Waals surface area contributed by atoms with E-state index in [9.17, 15) is 19.2 Å². The van der Waals surface area contributed by atoms with Crippen molar-refractivity contribution in [1.82, 2.24) is 14.9 Å². The zero-order valence-corrected chi connectivity index (χ0v) is 22.6. The lowest BCUT2D eigenvalue weighted by Crippen LogP contribution is -2.46. The van der Waals surface area contributed by atoms with Crippen molar-refractivity contribution in [1.29, 1.82) is 0 Å². The molecule has 2 bridgehead atoms. The van der Waals surface area contributed by atoms with Gasteiger partial charge in [0.1, 0.15) is 6.04 Å². The summed E-state index contributed by atoms with van der Waals surface area (Å²) in [6.07, 6.45) is 4.36. The molecule has 8 atom stereocenters. The van der Waals surface area contributed by atoms with E-state index in [0.29, 0.717) is 10.7 Å². The van der Waals surface area contributed by atoms with E-state index in [-0.39, 0.29) is 45.6 Å². The predicted octanol–water partition coefficient (Wildman–Crippen LogP) is 3.99. The smallest absolute Gasteiger partial charge is 0.305 e. The van der Waals surface area contributed by atoms with Gasteiger partial charge in [-0.2, -0.15) is 0 Å². The van der Waals surface area contributed by atoms with Crippen LogP contribution in [0.3, 0.4) is 0 Å². The van der Waals surface area contributed by atoms with Crippen LogP contribution in [0.25, 0.3) is 0 Å². The summed E-state index contributed by atoms with van der Waals surface area (Å²) in [6.45, 7) is 1.60. The number of thioether (sulfide) groups is 1. The number of rotatable bonds is 4. The van der Waals surface area contributed by atoms with Gasteiger partial charge in [0.05, 0.1) is 16.9 Å². The molecule has 2 aliphatic carbocycles. The van der Waals surface area contributed by atoms with Gasteiger partial charge in [0.2, 0.25) is 17.7 Å². The Hall–Kier alpha value is -2.95. The van der Waals surface area contributed by atoms with Crippen molar-refractivity contribution in [2.75, 3.05) is 5.32 Å². The van der Waals surface area contributed by atoms with Gasteiger partial charge >= 0.3 is 4.87 Å². The Bertz CT molecular complexity index is 1520. The summed E-state index contributed by atoms with van der Waals surface area (Å²) in [5.74, 6) is -1.78. The second kappa shape index (κ2) is 8.79. The number of hydrogen-bond donors (Lipinski definition) is 2. The van der Waals surface area contributed by atoms with Crippen LogP contribution >= 0.6 is 34.7 Å². The first-order valence-electron chi connectivity index (χ1n) is 12.6. The lowest BCUT2D eigenvalue weighted by molar-refractivity contribution is -0.146. The van der Waals surface area contributed by atoms with Crippen LogP contribution in [-0.2, 0) is 14.4 Å². The lowest BCUT2D eigenvalue weighted by Gasteiger charge is -2.42. The molecule has 7 rings (SSSR count). The molecule has 4 aliphatic rings. The summed E-state index contributed by atoms with van der Waals surface area (Å²) in [5.41, 5.74) is 1.57. The molecule has 11 heteroatoms. The number of anilines is 1. The molecular formula is C27H23ClN4O4S2. The van der Waals surface area contributed by atoms with Crippen LogP contribution < -0.4 is 10.2 Å². The molecule has 2 N–H and O–H groups in total. The summed E-state index contributed by atoms with van der Waals surface area (Å²) < 4.78 is 0. The highest BCUT2D eigenvalue weighted by molar-refractivity contribution is 8.00. The Balaban J connectivity index is 1.20. The normalized spacial score (nSPS) is 31.6. The molecule has 4 heterocycles. The molecule has 8 nitrogen and oxygen atoms in total. The maximum Gasteiger partial charge on any atom is 0.305 e. The maximum absolute atomic E-state index is 13.8. The Morgan fingerprint density at radius 3 is 2.58 bits per heavy atom. The molecule has 1 saturated heterocycles. The number of nitrogens with zero attached hydrogens (tertiary/aromatic N) is 2. The minimum Gasteiger partial charge on any atom is -0.324 e. The van der Waals surface area contributed by atoms with E-state index in [0.717, 1.165) is 21.9 Å². The lowest BCUT2D eigenvalue weighted by atomic mass is 9.68. The molecule has 0 spiro atoms. The minimum atomic E-state index is -0.933. The highest BCUT2D eigenvalue weighted by Gasteiger charge is 2.70. The Labute approximate surface area is 231 Å². The topological polar surface area (TPSA) is 112 Å². The van der Waals surface area contributed by atoms with E-state index >= 15 is 0 Å². The van der Waals surface area contributed by atoms with Gasteiger partial charge in [-0.3, -0.25) is 29.1 Å². The first kappa shape index (κ1) is 24.1. The molecule has 38 heavy (non-hydrogen) atoms. The van der Waals surface area contributed by atoms with Gasteiger partial charge in [0.25, 0.3) is 0 Å². The van der Waals surface area contributed by atoms with Crippen LogP contribution in [0.2, 0.25) is 5.02 Å². The monoisotopic (exact) mass is 566 g/mol. The van der Waals surface area contributed by atoms with Crippen molar-refractivity contribution in [2.24, 2.45) is 29.6 Å². The van der Waals surface area contributed by atoms with Crippen molar-refractivity contribution < 1.29 is 14.4 Å². The Morgan fingerprint density at radius 1 is 1.13 bits per heavy atom. The van der Waals surface area contributed by atoms with Crippen molar-refractivity contribution in [3.05, 3.63) is 73.9 Å². The molecule has 0 radical (unpaired) electrons. The number of likely N-dealkylation sites (tertiary alicyclic amines) is 1. The number of amides is 3. The maximum atomic E-state index is 13.8. The first-order valence-corrected chi connectivity index (χ1v) is 14.6. The number of imide groups is 1.